The van der Waals surface area contributed by atoms with E-state index in [0.29, 0.717) is 11.1 Å². The molecule has 0 aliphatic rings. The second-order valence-corrected chi connectivity index (χ2v) is 8.55. The van der Waals surface area contributed by atoms with Crippen molar-refractivity contribution in [2.45, 2.75) is 45.6 Å². The molecular formula is C21H26F2Si. The molecule has 0 saturated carbocycles. The highest BCUT2D eigenvalue weighted by atomic mass is 28.2. The molecule has 0 fully saturated rings. The highest BCUT2D eigenvalue weighted by Crippen LogP contribution is 2.28. The molecule has 0 unspecified atom stereocenters. The molecule has 0 saturated heterocycles. The standard InChI is InChI=1S/C21H26F2Si/c1-3-5-6-7-16-8-10-17(11-9-16)20(22)21(23)18-12-14-19(15-13-18)24-4-2/h8-15H,3-7,24H2,1-2H3. The molecule has 0 nitrogen and oxygen atoms in total. The lowest BCUT2D eigenvalue weighted by molar-refractivity contribution is 0.699. The third-order valence-electron chi connectivity index (χ3n) is 4.22. The Labute approximate surface area is 146 Å². The molecular weight excluding hydrogens is 318 g/mol. The van der Waals surface area contributed by atoms with Gasteiger partial charge in [-0.1, -0.05) is 86.5 Å². The van der Waals surface area contributed by atoms with Crippen LogP contribution in [-0.2, 0) is 6.42 Å². The van der Waals surface area contributed by atoms with Crippen molar-refractivity contribution in [1.29, 1.82) is 0 Å². The first kappa shape index (κ1) is 18.6. The van der Waals surface area contributed by atoms with E-state index in [0.717, 1.165) is 12.8 Å². The summed E-state index contributed by atoms with van der Waals surface area (Å²) < 4.78 is 28.8. The fourth-order valence-electron chi connectivity index (χ4n) is 2.76. The fourth-order valence-corrected chi connectivity index (χ4v) is 3.90. The Hall–Kier alpha value is -1.74. The second kappa shape index (κ2) is 9.53. The maximum absolute atomic E-state index is 14.4. The zero-order valence-corrected chi connectivity index (χ0v) is 16.0. The van der Waals surface area contributed by atoms with E-state index in [4.69, 9.17) is 0 Å². The van der Waals surface area contributed by atoms with Gasteiger partial charge < -0.3 is 0 Å². The Balaban J connectivity index is 2.12. The van der Waals surface area contributed by atoms with E-state index < -0.39 is 11.7 Å². The lowest BCUT2D eigenvalue weighted by Crippen LogP contribution is -2.11. The molecule has 2 rings (SSSR count). The van der Waals surface area contributed by atoms with Gasteiger partial charge >= 0.3 is 0 Å². The van der Waals surface area contributed by atoms with Crippen molar-refractivity contribution in [3.8, 4) is 0 Å². The zero-order valence-electron chi connectivity index (χ0n) is 14.6. The average Bonchev–Trinajstić information content (AvgIpc) is 2.62. The summed E-state index contributed by atoms with van der Waals surface area (Å²) in [6.07, 6.45) is 4.50. The Morgan fingerprint density at radius 1 is 0.792 bits per heavy atom. The maximum atomic E-state index is 14.4. The third kappa shape index (κ3) is 5.13. The number of benzene rings is 2. The quantitative estimate of drug-likeness (QED) is 0.341. The zero-order chi connectivity index (χ0) is 17.4. The summed E-state index contributed by atoms with van der Waals surface area (Å²) in [6.45, 7) is 4.33. The van der Waals surface area contributed by atoms with Crippen LogP contribution in [0, 0.1) is 0 Å². The largest absolute Gasteiger partial charge is 0.203 e. The Morgan fingerprint density at radius 2 is 1.33 bits per heavy atom. The van der Waals surface area contributed by atoms with Crippen LogP contribution in [0.5, 0.6) is 0 Å². The summed E-state index contributed by atoms with van der Waals surface area (Å²) >= 11 is 0. The van der Waals surface area contributed by atoms with E-state index >= 15 is 0 Å². The van der Waals surface area contributed by atoms with Gasteiger partial charge in [0.15, 0.2) is 11.7 Å². The van der Waals surface area contributed by atoms with Gasteiger partial charge in [0.2, 0.25) is 0 Å². The first-order chi connectivity index (χ1) is 11.7. The molecule has 0 atom stereocenters. The predicted molar refractivity (Wildman–Crippen MR) is 104 cm³/mol. The van der Waals surface area contributed by atoms with Crippen LogP contribution in [0.3, 0.4) is 0 Å². The van der Waals surface area contributed by atoms with Crippen LogP contribution in [0.15, 0.2) is 48.5 Å². The van der Waals surface area contributed by atoms with Crippen LogP contribution in [-0.4, -0.2) is 9.52 Å². The van der Waals surface area contributed by atoms with E-state index in [-0.39, 0.29) is 9.52 Å². The molecule has 2 aromatic rings. The number of hydrogen-bond acceptors (Lipinski definition) is 0. The van der Waals surface area contributed by atoms with Crippen molar-refractivity contribution in [3.05, 3.63) is 65.2 Å². The van der Waals surface area contributed by atoms with Crippen molar-refractivity contribution in [1.82, 2.24) is 0 Å². The molecule has 0 spiro atoms. The SMILES string of the molecule is CCCCCc1ccc(C(F)=C(F)c2ccc([SiH2]CC)cc2)cc1. The molecule has 24 heavy (non-hydrogen) atoms. The van der Waals surface area contributed by atoms with E-state index in [1.807, 2.05) is 24.3 Å². The van der Waals surface area contributed by atoms with E-state index in [1.165, 1.54) is 29.6 Å². The molecule has 0 radical (unpaired) electrons. The lowest BCUT2D eigenvalue weighted by Gasteiger charge is -2.05. The minimum Gasteiger partial charge on any atom is -0.203 e. The highest BCUT2D eigenvalue weighted by Gasteiger charge is 2.11. The molecule has 0 N–H and O–H groups in total. The van der Waals surface area contributed by atoms with Gasteiger partial charge in [-0.05, 0) is 18.4 Å². The lowest BCUT2D eigenvalue weighted by atomic mass is 10.0. The molecule has 128 valence electrons. The van der Waals surface area contributed by atoms with Gasteiger partial charge in [0.25, 0.3) is 0 Å². The number of aryl methyl sites for hydroxylation is 1. The summed E-state index contributed by atoms with van der Waals surface area (Å²) in [5.41, 5.74) is 1.79. The number of unbranched alkanes of at least 4 members (excludes halogenated alkanes) is 2. The smallest absolute Gasteiger partial charge is 0.166 e. The van der Waals surface area contributed by atoms with Gasteiger partial charge in [-0.3, -0.25) is 0 Å². The molecule has 0 heterocycles. The van der Waals surface area contributed by atoms with Crippen LogP contribution in [0.1, 0.15) is 49.8 Å². The number of halogens is 2. The summed E-state index contributed by atoms with van der Waals surface area (Å²) in [4.78, 5) is 0. The van der Waals surface area contributed by atoms with Crippen LogP contribution >= 0.6 is 0 Å². The number of rotatable bonds is 8. The average molecular weight is 345 g/mol. The summed E-state index contributed by atoms with van der Waals surface area (Å²) in [5, 5.41) is 1.28. The van der Waals surface area contributed by atoms with Gasteiger partial charge in [-0.2, -0.15) is 0 Å². The van der Waals surface area contributed by atoms with Crippen LogP contribution in [0.2, 0.25) is 6.04 Å². The summed E-state index contributed by atoms with van der Waals surface area (Å²) in [7, 11) is -0.258. The summed E-state index contributed by atoms with van der Waals surface area (Å²) in [6, 6.07) is 15.5. The minimum atomic E-state index is -0.782. The summed E-state index contributed by atoms with van der Waals surface area (Å²) in [5.74, 6) is -1.56. The van der Waals surface area contributed by atoms with Crippen LogP contribution < -0.4 is 5.19 Å². The minimum absolute atomic E-state index is 0.258. The second-order valence-electron chi connectivity index (χ2n) is 6.23. The third-order valence-corrected chi connectivity index (χ3v) is 5.76. The van der Waals surface area contributed by atoms with Gasteiger partial charge in [0, 0.05) is 11.1 Å². The molecule has 0 aliphatic heterocycles. The van der Waals surface area contributed by atoms with E-state index in [2.05, 4.69) is 13.8 Å². The molecule has 3 heteroatoms. The van der Waals surface area contributed by atoms with Crippen molar-refractivity contribution in [2.75, 3.05) is 0 Å². The Bertz CT molecular complexity index is 657. The Morgan fingerprint density at radius 3 is 1.83 bits per heavy atom. The van der Waals surface area contributed by atoms with Crippen molar-refractivity contribution >= 4 is 26.4 Å². The highest BCUT2D eigenvalue weighted by molar-refractivity contribution is 6.53. The topological polar surface area (TPSA) is 0 Å². The molecule has 0 amide bonds. The Kier molecular flexibility index (Phi) is 7.38. The monoisotopic (exact) mass is 344 g/mol. The van der Waals surface area contributed by atoms with Gasteiger partial charge in [0.05, 0.1) is 9.52 Å². The van der Waals surface area contributed by atoms with E-state index in [9.17, 15) is 8.78 Å². The molecule has 0 bridgehead atoms. The van der Waals surface area contributed by atoms with Crippen LogP contribution in [0.25, 0.3) is 11.7 Å². The first-order valence-corrected chi connectivity index (χ1v) is 10.6. The maximum Gasteiger partial charge on any atom is 0.166 e. The van der Waals surface area contributed by atoms with E-state index in [1.54, 1.807) is 24.3 Å². The van der Waals surface area contributed by atoms with Crippen molar-refractivity contribution in [3.63, 3.8) is 0 Å². The first-order valence-electron chi connectivity index (χ1n) is 8.89. The van der Waals surface area contributed by atoms with Gasteiger partial charge in [-0.15, -0.1) is 0 Å². The predicted octanol–water partition coefficient (Wildman–Crippen LogP) is 5.42. The van der Waals surface area contributed by atoms with Gasteiger partial charge in [-0.25, -0.2) is 8.78 Å². The molecule has 0 aliphatic carbocycles. The fraction of sp³-hybridized carbons (Fsp3) is 0.333. The molecule has 2 aromatic carbocycles. The normalized spacial score (nSPS) is 12.7. The van der Waals surface area contributed by atoms with Crippen LogP contribution in [0.4, 0.5) is 8.78 Å². The van der Waals surface area contributed by atoms with Crippen molar-refractivity contribution in [2.24, 2.45) is 0 Å². The molecule has 0 aromatic heterocycles. The van der Waals surface area contributed by atoms with Gasteiger partial charge in [0.1, 0.15) is 0 Å². The van der Waals surface area contributed by atoms with Crippen molar-refractivity contribution < 1.29 is 8.78 Å². The number of hydrogen-bond donors (Lipinski definition) is 0.